The number of amides is 2. The van der Waals surface area contributed by atoms with Crippen LogP contribution in [0.25, 0.3) is 0 Å². The van der Waals surface area contributed by atoms with Crippen LogP contribution in [0.3, 0.4) is 0 Å². The van der Waals surface area contributed by atoms with Crippen LogP contribution >= 0.6 is 0 Å². The summed E-state index contributed by atoms with van der Waals surface area (Å²) in [6, 6.07) is 7.79. The molecule has 1 aromatic rings. The molecule has 0 bridgehead atoms. The summed E-state index contributed by atoms with van der Waals surface area (Å²) in [5.41, 5.74) is 8.43. The second-order valence-corrected chi connectivity index (χ2v) is 6.13. The molecule has 2 fully saturated rings. The maximum Gasteiger partial charge on any atom is 0.233 e. The summed E-state index contributed by atoms with van der Waals surface area (Å²) >= 11 is 0. The maximum atomic E-state index is 12.3. The van der Waals surface area contributed by atoms with Gasteiger partial charge in [-0.15, -0.1) is 0 Å². The summed E-state index contributed by atoms with van der Waals surface area (Å²) in [7, 11) is 0. The molecule has 0 radical (unpaired) electrons. The molecule has 2 N–H and O–H groups in total. The van der Waals surface area contributed by atoms with Crippen molar-refractivity contribution in [1.29, 1.82) is 0 Å². The second-order valence-electron chi connectivity index (χ2n) is 6.13. The summed E-state index contributed by atoms with van der Waals surface area (Å²) < 4.78 is 0. The molecule has 1 aromatic carbocycles. The van der Waals surface area contributed by atoms with Crippen LogP contribution in [0.15, 0.2) is 24.3 Å². The Labute approximate surface area is 125 Å². The smallest absolute Gasteiger partial charge is 0.233 e. The number of nitrogens with zero attached hydrogens (tertiary/aromatic N) is 1. The highest BCUT2D eigenvalue weighted by Gasteiger charge is 2.49. The van der Waals surface area contributed by atoms with Gasteiger partial charge < -0.3 is 5.73 Å². The molecular formula is C17H22N2O2. The highest BCUT2D eigenvalue weighted by Crippen LogP contribution is 2.40. The SMILES string of the molecule is CCc1ccc(C(N)CN2C(=O)C3CCCC3C2=O)cc1. The minimum Gasteiger partial charge on any atom is -0.322 e. The van der Waals surface area contributed by atoms with Crippen LogP contribution in [0.2, 0.25) is 0 Å². The molecule has 0 aromatic heterocycles. The molecule has 3 rings (SSSR count). The van der Waals surface area contributed by atoms with E-state index in [-0.39, 0.29) is 29.7 Å². The van der Waals surface area contributed by atoms with Crippen molar-refractivity contribution < 1.29 is 9.59 Å². The average molecular weight is 286 g/mol. The number of imide groups is 1. The first-order valence-electron chi connectivity index (χ1n) is 7.81. The molecule has 1 saturated heterocycles. The Bertz CT molecular complexity index is 530. The van der Waals surface area contributed by atoms with Gasteiger partial charge in [-0.2, -0.15) is 0 Å². The van der Waals surface area contributed by atoms with Crippen molar-refractivity contribution in [3.8, 4) is 0 Å². The topological polar surface area (TPSA) is 63.4 Å². The number of carbonyl (C=O) groups is 2. The van der Waals surface area contributed by atoms with Gasteiger partial charge in [-0.05, 0) is 30.4 Å². The van der Waals surface area contributed by atoms with E-state index in [9.17, 15) is 9.59 Å². The molecule has 1 aliphatic carbocycles. The third-order valence-electron chi connectivity index (χ3n) is 4.88. The monoisotopic (exact) mass is 286 g/mol. The number of benzene rings is 1. The predicted octanol–water partition coefficient (Wildman–Crippen LogP) is 2.03. The molecule has 1 saturated carbocycles. The first kappa shape index (κ1) is 14.3. The van der Waals surface area contributed by atoms with Crippen LogP contribution in [0.5, 0.6) is 0 Å². The highest BCUT2D eigenvalue weighted by molar-refractivity contribution is 6.05. The van der Waals surface area contributed by atoms with E-state index in [4.69, 9.17) is 5.73 Å². The van der Waals surface area contributed by atoms with E-state index >= 15 is 0 Å². The molecular weight excluding hydrogens is 264 g/mol. The lowest BCUT2D eigenvalue weighted by molar-refractivity contribution is -0.140. The number of hydrogen-bond donors (Lipinski definition) is 1. The minimum atomic E-state index is -0.303. The number of aryl methyl sites for hydroxylation is 1. The molecule has 2 aliphatic rings. The van der Waals surface area contributed by atoms with Gasteiger partial charge in [-0.25, -0.2) is 0 Å². The van der Waals surface area contributed by atoms with Crippen LogP contribution in [-0.4, -0.2) is 23.3 Å². The van der Waals surface area contributed by atoms with Crippen LogP contribution in [0.1, 0.15) is 43.4 Å². The quantitative estimate of drug-likeness (QED) is 0.861. The molecule has 112 valence electrons. The van der Waals surface area contributed by atoms with E-state index in [0.29, 0.717) is 6.54 Å². The fourth-order valence-electron chi connectivity index (χ4n) is 3.54. The van der Waals surface area contributed by atoms with Crippen LogP contribution in [0, 0.1) is 11.8 Å². The van der Waals surface area contributed by atoms with Crippen LogP contribution < -0.4 is 5.73 Å². The van der Waals surface area contributed by atoms with Crippen LogP contribution in [-0.2, 0) is 16.0 Å². The Hall–Kier alpha value is -1.68. The molecule has 2 amide bonds. The normalized spacial score (nSPS) is 26.3. The Kier molecular flexibility index (Phi) is 3.81. The summed E-state index contributed by atoms with van der Waals surface area (Å²) in [5, 5.41) is 0. The summed E-state index contributed by atoms with van der Waals surface area (Å²) in [4.78, 5) is 26.0. The van der Waals surface area contributed by atoms with Crippen molar-refractivity contribution in [3.05, 3.63) is 35.4 Å². The predicted molar refractivity (Wildman–Crippen MR) is 80.3 cm³/mol. The third-order valence-corrected chi connectivity index (χ3v) is 4.88. The molecule has 0 spiro atoms. The first-order chi connectivity index (χ1) is 10.1. The largest absolute Gasteiger partial charge is 0.322 e. The number of fused-ring (bicyclic) bond motifs is 1. The number of likely N-dealkylation sites (tertiary alicyclic amines) is 1. The zero-order chi connectivity index (χ0) is 15.0. The van der Waals surface area contributed by atoms with Crippen molar-refractivity contribution >= 4 is 11.8 Å². The Balaban J connectivity index is 1.70. The van der Waals surface area contributed by atoms with E-state index in [2.05, 4.69) is 19.1 Å². The Morgan fingerprint density at radius 1 is 1.14 bits per heavy atom. The lowest BCUT2D eigenvalue weighted by Crippen LogP contribution is -2.37. The van der Waals surface area contributed by atoms with E-state index in [1.165, 1.54) is 10.5 Å². The molecule has 4 heteroatoms. The molecule has 3 atom stereocenters. The average Bonchev–Trinajstić information content (AvgIpc) is 3.07. The third kappa shape index (κ3) is 2.48. The van der Waals surface area contributed by atoms with Gasteiger partial charge in [0.05, 0.1) is 11.8 Å². The van der Waals surface area contributed by atoms with Crippen molar-refractivity contribution in [1.82, 2.24) is 4.90 Å². The fourth-order valence-corrected chi connectivity index (χ4v) is 3.54. The van der Waals surface area contributed by atoms with Gasteiger partial charge in [-0.3, -0.25) is 14.5 Å². The summed E-state index contributed by atoms with van der Waals surface area (Å²) in [6.07, 6.45) is 3.69. The van der Waals surface area contributed by atoms with E-state index in [0.717, 1.165) is 31.2 Å². The molecule has 1 aliphatic heterocycles. The van der Waals surface area contributed by atoms with Gasteiger partial charge in [0.2, 0.25) is 11.8 Å². The molecule has 21 heavy (non-hydrogen) atoms. The summed E-state index contributed by atoms with van der Waals surface area (Å²) in [5.74, 6) is -0.175. The highest BCUT2D eigenvalue weighted by atomic mass is 16.2. The molecule has 3 unspecified atom stereocenters. The van der Waals surface area contributed by atoms with Crippen LogP contribution in [0.4, 0.5) is 0 Å². The molecule has 1 heterocycles. The minimum absolute atomic E-state index is 0.0110. The Morgan fingerprint density at radius 2 is 1.71 bits per heavy atom. The standard InChI is InChI=1S/C17H22N2O2/c1-2-11-6-8-12(9-7-11)15(18)10-19-16(20)13-4-3-5-14(13)17(19)21/h6-9,13-15H,2-5,10,18H2,1H3. The van der Waals surface area contributed by atoms with Crippen molar-refractivity contribution in [2.45, 2.75) is 38.6 Å². The van der Waals surface area contributed by atoms with Crippen molar-refractivity contribution in [2.75, 3.05) is 6.54 Å². The molecule has 4 nitrogen and oxygen atoms in total. The van der Waals surface area contributed by atoms with Crippen molar-refractivity contribution in [3.63, 3.8) is 0 Å². The first-order valence-corrected chi connectivity index (χ1v) is 7.81. The van der Waals surface area contributed by atoms with Gasteiger partial charge >= 0.3 is 0 Å². The van der Waals surface area contributed by atoms with E-state index in [1.54, 1.807) is 0 Å². The van der Waals surface area contributed by atoms with Gasteiger partial charge in [0, 0.05) is 12.6 Å². The number of rotatable bonds is 4. The number of hydrogen-bond acceptors (Lipinski definition) is 3. The lowest BCUT2D eigenvalue weighted by atomic mass is 10.00. The maximum absolute atomic E-state index is 12.3. The fraction of sp³-hybridized carbons (Fsp3) is 0.529. The zero-order valence-corrected chi connectivity index (χ0v) is 12.4. The lowest BCUT2D eigenvalue weighted by Gasteiger charge is -2.21. The number of carbonyl (C=O) groups excluding carboxylic acids is 2. The van der Waals surface area contributed by atoms with Gasteiger partial charge in [0.25, 0.3) is 0 Å². The van der Waals surface area contributed by atoms with Crippen molar-refractivity contribution in [2.24, 2.45) is 17.6 Å². The zero-order valence-electron chi connectivity index (χ0n) is 12.4. The van der Waals surface area contributed by atoms with Gasteiger partial charge in [-0.1, -0.05) is 37.6 Å². The van der Waals surface area contributed by atoms with Gasteiger partial charge in [0.15, 0.2) is 0 Å². The van der Waals surface area contributed by atoms with E-state index < -0.39 is 0 Å². The van der Waals surface area contributed by atoms with E-state index in [1.807, 2.05) is 12.1 Å². The van der Waals surface area contributed by atoms with Gasteiger partial charge in [0.1, 0.15) is 0 Å². The Morgan fingerprint density at radius 3 is 2.24 bits per heavy atom. The summed E-state index contributed by atoms with van der Waals surface area (Å²) in [6.45, 7) is 2.41. The number of nitrogens with two attached hydrogens (primary N) is 1. The second kappa shape index (κ2) is 5.60.